The van der Waals surface area contributed by atoms with E-state index < -0.39 is 6.10 Å². The summed E-state index contributed by atoms with van der Waals surface area (Å²) in [7, 11) is 3.21. The average Bonchev–Trinajstić information content (AvgIpc) is 2.86. The minimum atomic E-state index is -0.681. The van der Waals surface area contributed by atoms with E-state index in [2.05, 4.69) is 0 Å². The van der Waals surface area contributed by atoms with Gasteiger partial charge in [0.25, 0.3) is 0 Å². The molecule has 17 heavy (non-hydrogen) atoms. The van der Waals surface area contributed by atoms with E-state index in [1.54, 1.807) is 14.2 Å². The van der Waals surface area contributed by atoms with Crippen LogP contribution >= 0.6 is 11.3 Å². The van der Waals surface area contributed by atoms with Crippen LogP contribution in [0.2, 0.25) is 0 Å². The van der Waals surface area contributed by atoms with Crippen LogP contribution in [0.25, 0.3) is 0 Å². The number of benzene rings is 1. The molecule has 2 aromatic rings. The second-order valence-corrected chi connectivity index (χ2v) is 4.48. The number of aliphatic hydroxyl groups excluding tert-OH is 1. The number of thiophene rings is 1. The lowest BCUT2D eigenvalue weighted by Crippen LogP contribution is -1.99. The van der Waals surface area contributed by atoms with Crippen LogP contribution in [0, 0.1) is 0 Å². The van der Waals surface area contributed by atoms with Crippen LogP contribution in [0.15, 0.2) is 35.7 Å². The summed E-state index contributed by atoms with van der Waals surface area (Å²) < 4.78 is 10.3. The zero-order valence-corrected chi connectivity index (χ0v) is 10.5. The van der Waals surface area contributed by atoms with Crippen molar-refractivity contribution in [2.75, 3.05) is 14.2 Å². The molecule has 0 saturated heterocycles. The lowest BCUT2D eigenvalue weighted by Gasteiger charge is -2.12. The highest BCUT2D eigenvalue weighted by molar-refractivity contribution is 7.10. The highest BCUT2D eigenvalue weighted by atomic mass is 32.1. The van der Waals surface area contributed by atoms with Crippen LogP contribution in [0.3, 0.4) is 0 Å². The fourth-order valence-electron chi connectivity index (χ4n) is 1.64. The molecule has 0 aliphatic heterocycles. The number of aliphatic hydroxyl groups is 1. The molecule has 1 aromatic carbocycles. The molecule has 0 aliphatic rings. The summed E-state index contributed by atoms with van der Waals surface area (Å²) in [6, 6.07) is 9.25. The monoisotopic (exact) mass is 250 g/mol. The van der Waals surface area contributed by atoms with Crippen LogP contribution in [-0.4, -0.2) is 19.3 Å². The molecule has 4 heteroatoms. The van der Waals surface area contributed by atoms with Gasteiger partial charge in [-0.2, -0.15) is 0 Å². The third-order valence-corrected chi connectivity index (χ3v) is 3.49. The first-order chi connectivity index (χ1) is 8.26. The van der Waals surface area contributed by atoms with Gasteiger partial charge in [-0.05, 0) is 29.1 Å². The van der Waals surface area contributed by atoms with Gasteiger partial charge in [0.1, 0.15) is 17.6 Å². The van der Waals surface area contributed by atoms with Crippen LogP contribution in [0.1, 0.15) is 16.5 Å². The summed E-state index contributed by atoms with van der Waals surface area (Å²) in [4.78, 5) is 0.806. The van der Waals surface area contributed by atoms with E-state index in [-0.39, 0.29) is 0 Å². The first kappa shape index (κ1) is 12.0. The first-order valence-corrected chi connectivity index (χ1v) is 6.07. The molecule has 90 valence electrons. The molecule has 0 aliphatic carbocycles. The molecule has 1 unspecified atom stereocenters. The van der Waals surface area contributed by atoms with E-state index in [0.717, 1.165) is 16.2 Å². The minimum absolute atomic E-state index is 0.681. The Bertz CT molecular complexity index is 493. The van der Waals surface area contributed by atoms with Gasteiger partial charge in [-0.1, -0.05) is 12.1 Å². The van der Waals surface area contributed by atoms with E-state index in [0.29, 0.717) is 5.75 Å². The number of hydrogen-bond donors (Lipinski definition) is 1. The topological polar surface area (TPSA) is 38.7 Å². The van der Waals surface area contributed by atoms with Crippen molar-refractivity contribution < 1.29 is 14.6 Å². The Morgan fingerprint density at radius 2 is 2.00 bits per heavy atom. The third kappa shape index (κ3) is 2.43. The number of rotatable bonds is 4. The van der Waals surface area contributed by atoms with Crippen molar-refractivity contribution >= 4 is 11.3 Å². The van der Waals surface area contributed by atoms with Crippen LogP contribution in [0.4, 0.5) is 0 Å². The Balaban J connectivity index is 2.33. The molecule has 0 fully saturated rings. The van der Waals surface area contributed by atoms with Gasteiger partial charge in [0.2, 0.25) is 0 Å². The second kappa shape index (κ2) is 5.21. The fraction of sp³-hybridized carbons (Fsp3) is 0.231. The van der Waals surface area contributed by atoms with Gasteiger partial charge in [0.15, 0.2) is 0 Å². The number of methoxy groups -OCH3 is 2. The van der Waals surface area contributed by atoms with Crippen molar-refractivity contribution in [1.82, 2.24) is 0 Å². The molecule has 3 nitrogen and oxygen atoms in total. The van der Waals surface area contributed by atoms with Crippen LogP contribution in [-0.2, 0) is 0 Å². The Hall–Kier alpha value is -1.52. The maximum atomic E-state index is 10.3. The maximum Gasteiger partial charge on any atom is 0.135 e. The third-order valence-electron chi connectivity index (χ3n) is 2.54. The summed E-state index contributed by atoms with van der Waals surface area (Å²) >= 11 is 1.47. The van der Waals surface area contributed by atoms with E-state index in [9.17, 15) is 5.11 Å². The van der Waals surface area contributed by atoms with Gasteiger partial charge in [-0.3, -0.25) is 0 Å². The summed E-state index contributed by atoms with van der Waals surface area (Å²) in [6.45, 7) is 0. The Morgan fingerprint density at radius 3 is 2.71 bits per heavy atom. The van der Waals surface area contributed by atoms with Gasteiger partial charge >= 0.3 is 0 Å². The van der Waals surface area contributed by atoms with Crippen molar-refractivity contribution in [1.29, 1.82) is 0 Å². The van der Waals surface area contributed by atoms with Crippen molar-refractivity contribution in [2.45, 2.75) is 6.10 Å². The average molecular weight is 250 g/mol. The van der Waals surface area contributed by atoms with Crippen LogP contribution < -0.4 is 9.47 Å². The molecule has 1 atom stereocenters. The van der Waals surface area contributed by atoms with Gasteiger partial charge in [-0.25, -0.2) is 0 Å². The Labute approximate surface area is 104 Å². The summed E-state index contributed by atoms with van der Waals surface area (Å²) in [5.41, 5.74) is 0.796. The molecular formula is C13H14O3S. The summed E-state index contributed by atoms with van der Waals surface area (Å²) in [5, 5.41) is 12.2. The zero-order valence-electron chi connectivity index (χ0n) is 9.71. The predicted molar refractivity (Wildman–Crippen MR) is 67.9 cm³/mol. The second-order valence-electron chi connectivity index (χ2n) is 3.53. The molecule has 0 amide bonds. The van der Waals surface area contributed by atoms with Crippen molar-refractivity contribution in [3.63, 3.8) is 0 Å². The maximum absolute atomic E-state index is 10.3. The normalized spacial score (nSPS) is 12.2. The van der Waals surface area contributed by atoms with Crippen LogP contribution in [0.5, 0.6) is 11.5 Å². The van der Waals surface area contributed by atoms with Gasteiger partial charge in [0, 0.05) is 0 Å². The SMILES string of the molecule is COc1cccc(C(O)c2sccc2OC)c1. The van der Waals surface area contributed by atoms with E-state index in [1.165, 1.54) is 11.3 Å². The van der Waals surface area contributed by atoms with E-state index in [4.69, 9.17) is 9.47 Å². The summed E-state index contributed by atoms with van der Waals surface area (Å²) in [6.07, 6.45) is -0.681. The summed E-state index contributed by atoms with van der Waals surface area (Å²) in [5.74, 6) is 1.45. The first-order valence-electron chi connectivity index (χ1n) is 5.19. The smallest absolute Gasteiger partial charge is 0.135 e. The highest BCUT2D eigenvalue weighted by Gasteiger charge is 2.17. The highest BCUT2D eigenvalue weighted by Crippen LogP contribution is 2.35. The Kier molecular flexibility index (Phi) is 3.66. The lowest BCUT2D eigenvalue weighted by molar-refractivity contribution is 0.218. The van der Waals surface area contributed by atoms with E-state index >= 15 is 0 Å². The van der Waals surface area contributed by atoms with Crippen molar-refractivity contribution in [3.05, 3.63) is 46.2 Å². The Morgan fingerprint density at radius 1 is 1.18 bits per heavy atom. The molecule has 0 radical (unpaired) electrons. The number of hydrogen-bond acceptors (Lipinski definition) is 4. The fourth-order valence-corrected chi connectivity index (χ4v) is 2.51. The van der Waals surface area contributed by atoms with Crippen molar-refractivity contribution in [3.8, 4) is 11.5 Å². The molecule has 0 spiro atoms. The lowest BCUT2D eigenvalue weighted by atomic mass is 10.1. The van der Waals surface area contributed by atoms with Gasteiger partial charge in [0.05, 0.1) is 19.1 Å². The van der Waals surface area contributed by atoms with Gasteiger partial charge in [-0.15, -0.1) is 11.3 Å². The number of ether oxygens (including phenoxy) is 2. The predicted octanol–water partition coefficient (Wildman–Crippen LogP) is 2.85. The molecule has 2 rings (SSSR count). The zero-order chi connectivity index (χ0) is 12.3. The molecule has 1 heterocycles. The largest absolute Gasteiger partial charge is 0.497 e. The van der Waals surface area contributed by atoms with E-state index in [1.807, 2.05) is 35.7 Å². The molecule has 1 aromatic heterocycles. The standard InChI is InChI=1S/C13H14O3S/c1-15-10-5-3-4-9(8-10)12(14)13-11(16-2)6-7-17-13/h3-8,12,14H,1-2H3. The molecule has 1 N–H and O–H groups in total. The van der Waals surface area contributed by atoms with Crippen molar-refractivity contribution in [2.24, 2.45) is 0 Å². The van der Waals surface area contributed by atoms with Gasteiger partial charge < -0.3 is 14.6 Å². The quantitative estimate of drug-likeness (QED) is 0.906. The molecular weight excluding hydrogens is 236 g/mol. The molecule has 0 bridgehead atoms. The molecule has 0 saturated carbocycles. The minimum Gasteiger partial charge on any atom is -0.497 e.